The number of aryl methyl sites for hydroxylation is 1. The van der Waals surface area contributed by atoms with Crippen LogP contribution >= 0.6 is 12.2 Å². The summed E-state index contributed by atoms with van der Waals surface area (Å²) >= 11 is 5.01. The van der Waals surface area contributed by atoms with Crippen LogP contribution in [0.15, 0.2) is 18.2 Å². The molecule has 0 spiro atoms. The normalized spacial score (nSPS) is 16.1. The highest BCUT2D eigenvalue weighted by atomic mass is 32.1. The molecule has 0 aliphatic carbocycles. The third-order valence-electron chi connectivity index (χ3n) is 3.58. The molecule has 0 bridgehead atoms. The predicted octanol–water partition coefficient (Wildman–Crippen LogP) is 1.76. The van der Waals surface area contributed by atoms with Crippen molar-refractivity contribution >= 4 is 22.9 Å². The van der Waals surface area contributed by atoms with Gasteiger partial charge >= 0.3 is 0 Å². The maximum atomic E-state index is 5.66. The average Bonchev–Trinajstić information content (AvgIpc) is 2.44. The Labute approximate surface area is 126 Å². The molecule has 0 amide bonds. The fraction of sp³-hybridized carbons (Fsp3) is 0.533. The molecule has 110 valence electrons. The number of nitrogens with two attached hydrogens (primary N) is 1. The summed E-state index contributed by atoms with van der Waals surface area (Å²) in [6.07, 6.45) is 1.14. The summed E-state index contributed by atoms with van der Waals surface area (Å²) < 4.78 is 5.34. The van der Waals surface area contributed by atoms with Crippen LogP contribution in [-0.2, 0) is 4.74 Å². The fourth-order valence-electron chi connectivity index (χ4n) is 2.41. The molecule has 1 heterocycles. The highest BCUT2D eigenvalue weighted by Crippen LogP contribution is 2.15. The Morgan fingerprint density at radius 1 is 1.40 bits per heavy atom. The van der Waals surface area contributed by atoms with Crippen molar-refractivity contribution in [2.24, 2.45) is 5.73 Å². The second kappa shape index (κ2) is 7.57. The molecule has 20 heavy (non-hydrogen) atoms. The van der Waals surface area contributed by atoms with Crippen molar-refractivity contribution in [2.45, 2.75) is 13.3 Å². The minimum Gasteiger partial charge on any atom is -0.389 e. The second-order valence-corrected chi connectivity index (χ2v) is 5.57. The molecule has 1 aliphatic rings. The second-order valence-electron chi connectivity index (χ2n) is 5.13. The highest BCUT2D eigenvalue weighted by molar-refractivity contribution is 7.80. The van der Waals surface area contributed by atoms with Crippen LogP contribution in [0.3, 0.4) is 0 Å². The predicted molar refractivity (Wildman–Crippen MR) is 87.4 cm³/mol. The van der Waals surface area contributed by atoms with Crippen molar-refractivity contribution < 1.29 is 4.74 Å². The molecule has 1 saturated heterocycles. The van der Waals surface area contributed by atoms with E-state index < -0.39 is 0 Å². The molecule has 4 nitrogen and oxygen atoms in total. The van der Waals surface area contributed by atoms with Crippen LogP contribution in [0.5, 0.6) is 0 Å². The maximum absolute atomic E-state index is 5.66. The first-order valence-electron chi connectivity index (χ1n) is 7.11. The largest absolute Gasteiger partial charge is 0.389 e. The molecule has 1 aliphatic heterocycles. The number of ether oxygens (including phenoxy) is 1. The molecule has 1 fully saturated rings. The van der Waals surface area contributed by atoms with Crippen molar-refractivity contribution in [1.82, 2.24) is 4.90 Å². The summed E-state index contributed by atoms with van der Waals surface area (Å²) in [5.41, 5.74) is 8.87. The molecule has 0 aromatic heterocycles. The SMILES string of the molecule is Cc1cc(NCCCN2CCOCC2)ccc1C(N)=S. The van der Waals surface area contributed by atoms with Gasteiger partial charge in [0.2, 0.25) is 0 Å². The van der Waals surface area contributed by atoms with Gasteiger partial charge in [0.25, 0.3) is 0 Å². The third kappa shape index (κ3) is 4.44. The lowest BCUT2D eigenvalue weighted by Gasteiger charge is -2.26. The van der Waals surface area contributed by atoms with E-state index >= 15 is 0 Å². The Bertz CT molecular complexity index is 458. The van der Waals surface area contributed by atoms with Gasteiger partial charge in [-0.15, -0.1) is 0 Å². The van der Waals surface area contributed by atoms with Crippen LogP contribution in [0.2, 0.25) is 0 Å². The van der Waals surface area contributed by atoms with Gasteiger partial charge in [-0.1, -0.05) is 12.2 Å². The number of hydrogen-bond donors (Lipinski definition) is 2. The van der Waals surface area contributed by atoms with E-state index in [0.29, 0.717) is 4.99 Å². The van der Waals surface area contributed by atoms with Crippen LogP contribution in [0.4, 0.5) is 5.69 Å². The zero-order valence-corrected chi connectivity index (χ0v) is 12.8. The topological polar surface area (TPSA) is 50.5 Å². The van der Waals surface area contributed by atoms with E-state index in [1.54, 1.807) is 0 Å². The molecule has 0 atom stereocenters. The van der Waals surface area contributed by atoms with Gasteiger partial charge < -0.3 is 15.8 Å². The number of nitrogens with zero attached hydrogens (tertiary/aromatic N) is 1. The minimum absolute atomic E-state index is 0.460. The molecule has 0 unspecified atom stereocenters. The number of hydrogen-bond acceptors (Lipinski definition) is 4. The summed E-state index contributed by atoms with van der Waals surface area (Å²) in [6, 6.07) is 6.13. The Morgan fingerprint density at radius 2 is 2.15 bits per heavy atom. The molecule has 1 aromatic rings. The minimum atomic E-state index is 0.460. The van der Waals surface area contributed by atoms with Gasteiger partial charge in [0.05, 0.1) is 13.2 Å². The van der Waals surface area contributed by atoms with Crippen molar-refractivity contribution in [1.29, 1.82) is 0 Å². The molecule has 1 aromatic carbocycles. The van der Waals surface area contributed by atoms with Crippen molar-refractivity contribution in [2.75, 3.05) is 44.7 Å². The molecule has 5 heteroatoms. The van der Waals surface area contributed by atoms with Gasteiger partial charge in [-0.05, 0) is 43.7 Å². The van der Waals surface area contributed by atoms with Gasteiger partial charge in [-0.3, -0.25) is 4.90 Å². The molecular weight excluding hydrogens is 270 g/mol. The molecule has 0 radical (unpaired) electrons. The standard InChI is InChI=1S/C15H23N3OS/c1-12-11-13(3-4-14(12)15(16)20)17-5-2-6-18-7-9-19-10-8-18/h3-4,11,17H,2,5-10H2,1H3,(H2,16,20). The summed E-state index contributed by atoms with van der Waals surface area (Å²) in [6.45, 7) is 7.99. The lowest BCUT2D eigenvalue weighted by Crippen LogP contribution is -2.37. The summed E-state index contributed by atoms with van der Waals surface area (Å²) in [5.74, 6) is 0. The number of thiocarbonyl (C=S) groups is 1. The lowest BCUT2D eigenvalue weighted by atomic mass is 10.1. The monoisotopic (exact) mass is 293 g/mol. The van der Waals surface area contributed by atoms with Gasteiger partial charge in [0.15, 0.2) is 0 Å². The van der Waals surface area contributed by atoms with Gasteiger partial charge in [-0.2, -0.15) is 0 Å². The van der Waals surface area contributed by atoms with Crippen LogP contribution in [-0.4, -0.2) is 49.3 Å². The van der Waals surface area contributed by atoms with Gasteiger partial charge in [0, 0.05) is 30.9 Å². The van der Waals surface area contributed by atoms with Crippen LogP contribution in [0.25, 0.3) is 0 Å². The number of morpholine rings is 1. The van der Waals surface area contributed by atoms with Crippen molar-refractivity contribution in [3.63, 3.8) is 0 Å². The Kier molecular flexibility index (Phi) is 5.76. The molecular formula is C15H23N3OS. The van der Waals surface area contributed by atoms with E-state index in [0.717, 1.165) is 62.6 Å². The summed E-state index contributed by atoms with van der Waals surface area (Å²) in [7, 11) is 0. The van der Waals surface area contributed by atoms with E-state index in [9.17, 15) is 0 Å². The van der Waals surface area contributed by atoms with Crippen LogP contribution in [0.1, 0.15) is 17.5 Å². The first kappa shape index (κ1) is 15.2. The number of rotatable bonds is 6. The van der Waals surface area contributed by atoms with E-state index in [2.05, 4.69) is 16.3 Å². The number of benzene rings is 1. The van der Waals surface area contributed by atoms with Gasteiger partial charge in [-0.25, -0.2) is 0 Å². The average molecular weight is 293 g/mol. The van der Waals surface area contributed by atoms with Crippen molar-refractivity contribution in [3.8, 4) is 0 Å². The zero-order valence-electron chi connectivity index (χ0n) is 12.0. The number of nitrogens with one attached hydrogen (secondary N) is 1. The lowest BCUT2D eigenvalue weighted by molar-refractivity contribution is 0.0378. The van der Waals surface area contributed by atoms with E-state index in [4.69, 9.17) is 22.7 Å². The summed E-state index contributed by atoms with van der Waals surface area (Å²) in [5, 5.41) is 3.45. The first-order valence-corrected chi connectivity index (χ1v) is 7.52. The van der Waals surface area contributed by atoms with E-state index in [1.165, 1.54) is 0 Å². The Hall–Kier alpha value is -1.17. The molecule has 2 rings (SSSR count). The molecule has 3 N–H and O–H groups in total. The molecule has 0 saturated carbocycles. The first-order chi connectivity index (χ1) is 9.66. The van der Waals surface area contributed by atoms with Gasteiger partial charge in [0.1, 0.15) is 4.99 Å². The van der Waals surface area contributed by atoms with Crippen LogP contribution in [0, 0.1) is 6.92 Å². The third-order valence-corrected chi connectivity index (χ3v) is 3.80. The van der Waals surface area contributed by atoms with E-state index in [-0.39, 0.29) is 0 Å². The summed E-state index contributed by atoms with van der Waals surface area (Å²) in [4.78, 5) is 2.91. The van der Waals surface area contributed by atoms with E-state index in [1.807, 2.05) is 19.1 Å². The Balaban J connectivity index is 1.73. The zero-order chi connectivity index (χ0) is 14.4. The number of anilines is 1. The fourth-order valence-corrected chi connectivity index (χ4v) is 2.64. The van der Waals surface area contributed by atoms with Crippen LogP contribution < -0.4 is 11.1 Å². The smallest absolute Gasteiger partial charge is 0.104 e. The highest BCUT2D eigenvalue weighted by Gasteiger charge is 2.09. The van der Waals surface area contributed by atoms with Crippen molar-refractivity contribution in [3.05, 3.63) is 29.3 Å². The quantitative estimate of drug-likeness (QED) is 0.618. The maximum Gasteiger partial charge on any atom is 0.104 e. The Morgan fingerprint density at radius 3 is 2.80 bits per heavy atom.